The molecule has 0 unspecified atom stereocenters. The number of hydrogen-bond acceptors (Lipinski definition) is 6. The zero-order valence-electron chi connectivity index (χ0n) is 16.7. The van der Waals surface area contributed by atoms with Crippen molar-refractivity contribution in [3.8, 4) is 11.4 Å². The van der Waals surface area contributed by atoms with E-state index in [4.69, 9.17) is 14.7 Å². The van der Waals surface area contributed by atoms with Gasteiger partial charge in [0.15, 0.2) is 5.82 Å². The first kappa shape index (κ1) is 18.6. The largest absolute Gasteiger partial charge is 0.378 e. The Morgan fingerprint density at radius 3 is 2.83 bits per heavy atom. The van der Waals surface area contributed by atoms with Crippen LogP contribution in [0.2, 0.25) is 0 Å². The molecule has 0 amide bonds. The highest BCUT2D eigenvalue weighted by Crippen LogP contribution is 2.26. The van der Waals surface area contributed by atoms with Crippen molar-refractivity contribution in [1.82, 2.24) is 19.9 Å². The number of pyridine rings is 1. The van der Waals surface area contributed by atoms with Gasteiger partial charge in [-0.15, -0.1) is 0 Å². The van der Waals surface area contributed by atoms with E-state index in [1.54, 1.807) is 0 Å². The number of nitrogens with one attached hydrogen (secondary N) is 2. The van der Waals surface area contributed by atoms with Crippen molar-refractivity contribution in [3.63, 3.8) is 0 Å². The number of morpholine rings is 1. The number of aromatic amines is 1. The maximum absolute atomic E-state index is 5.51. The first-order chi connectivity index (χ1) is 14.8. The number of fused-ring (bicyclic) bond motifs is 1. The Balaban J connectivity index is 1.43. The van der Waals surface area contributed by atoms with E-state index in [1.165, 1.54) is 5.39 Å². The van der Waals surface area contributed by atoms with E-state index in [2.05, 4.69) is 44.5 Å². The average molecular weight is 400 g/mol. The number of anilines is 2. The molecule has 5 rings (SSSR count). The molecular weight excluding hydrogens is 376 g/mol. The maximum atomic E-state index is 5.51. The lowest BCUT2D eigenvalue weighted by molar-refractivity contribution is 0.122. The van der Waals surface area contributed by atoms with Crippen LogP contribution in [-0.4, -0.2) is 52.8 Å². The molecule has 1 aromatic carbocycles. The number of hydrogen-bond donors (Lipinski definition) is 2. The smallest absolute Gasteiger partial charge is 0.163 e. The lowest BCUT2D eigenvalue weighted by Gasteiger charge is -2.28. The first-order valence-corrected chi connectivity index (χ1v) is 10.3. The van der Waals surface area contributed by atoms with Gasteiger partial charge >= 0.3 is 0 Å². The predicted octanol–water partition coefficient (Wildman–Crippen LogP) is 3.51. The summed E-state index contributed by atoms with van der Waals surface area (Å²) in [6.07, 6.45) is 4.61. The van der Waals surface area contributed by atoms with Gasteiger partial charge in [0.1, 0.15) is 11.6 Å². The zero-order valence-corrected chi connectivity index (χ0v) is 16.7. The van der Waals surface area contributed by atoms with Crippen LogP contribution in [0.4, 0.5) is 11.6 Å². The van der Waals surface area contributed by atoms with Crippen LogP contribution >= 0.6 is 0 Å². The molecular formula is C23H24N6O. The number of H-pyrrole nitrogens is 1. The molecule has 2 N–H and O–H groups in total. The molecule has 30 heavy (non-hydrogen) atoms. The molecule has 4 heterocycles. The second kappa shape index (κ2) is 8.51. The molecule has 152 valence electrons. The molecule has 7 heteroatoms. The first-order valence-electron chi connectivity index (χ1n) is 10.3. The Morgan fingerprint density at radius 2 is 1.97 bits per heavy atom. The highest BCUT2D eigenvalue weighted by Gasteiger charge is 2.16. The quantitative estimate of drug-likeness (QED) is 0.516. The van der Waals surface area contributed by atoms with Gasteiger partial charge in [0.05, 0.1) is 13.2 Å². The summed E-state index contributed by atoms with van der Waals surface area (Å²) in [6.45, 7) is 3.86. The van der Waals surface area contributed by atoms with E-state index in [0.29, 0.717) is 0 Å². The van der Waals surface area contributed by atoms with Gasteiger partial charge in [-0.3, -0.25) is 4.98 Å². The van der Waals surface area contributed by atoms with Crippen LogP contribution in [0, 0.1) is 0 Å². The molecule has 1 fully saturated rings. The van der Waals surface area contributed by atoms with Crippen LogP contribution < -0.4 is 10.2 Å². The fraction of sp³-hybridized carbons (Fsp3) is 0.261. The van der Waals surface area contributed by atoms with Crippen molar-refractivity contribution in [2.24, 2.45) is 0 Å². The van der Waals surface area contributed by atoms with E-state index >= 15 is 0 Å². The maximum Gasteiger partial charge on any atom is 0.163 e. The van der Waals surface area contributed by atoms with E-state index in [0.717, 1.165) is 73.5 Å². The van der Waals surface area contributed by atoms with Gasteiger partial charge in [-0.2, -0.15) is 0 Å². The Morgan fingerprint density at radius 1 is 1.03 bits per heavy atom. The SMILES string of the molecule is c1ccc(CCNc2cc(N3CCOCC3)nc(-c3ccc4cc[nH]c4c3)n2)nc1. The van der Waals surface area contributed by atoms with E-state index in [9.17, 15) is 0 Å². The van der Waals surface area contributed by atoms with Crippen LogP contribution in [-0.2, 0) is 11.2 Å². The fourth-order valence-electron chi connectivity index (χ4n) is 3.66. The molecule has 0 bridgehead atoms. The third kappa shape index (κ3) is 4.11. The monoisotopic (exact) mass is 400 g/mol. The Hall–Kier alpha value is -3.45. The van der Waals surface area contributed by atoms with E-state index in [-0.39, 0.29) is 0 Å². The summed E-state index contributed by atoms with van der Waals surface area (Å²) in [6, 6.07) is 16.4. The Kier molecular flexibility index (Phi) is 5.26. The second-order valence-corrected chi connectivity index (χ2v) is 7.31. The minimum Gasteiger partial charge on any atom is -0.378 e. The lowest BCUT2D eigenvalue weighted by atomic mass is 10.1. The van der Waals surface area contributed by atoms with Crippen LogP contribution in [0.15, 0.2) is 60.9 Å². The lowest BCUT2D eigenvalue weighted by Crippen LogP contribution is -2.36. The molecule has 7 nitrogen and oxygen atoms in total. The van der Waals surface area contributed by atoms with E-state index < -0.39 is 0 Å². The molecule has 3 aromatic heterocycles. The minimum absolute atomic E-state index is 0.718. The van der Waals surface area contributed by atoms with Gasteiger partial charge in [-0.25, -0.2) is 9.97 Å². The number of aromatic nitrogens is 4. The molecule has 1 aliphatic heterocycles. The normalized spacial score (nSPS) is 14.2. The molecule has 0 saturated carbocycles. The number of benzene rings is 1. The third-order valence-corrected chi connectivity index (χ3v) is 5.27. The average Bonchev–Trinajstić information content (AvgIpc) is 3.28. The molecule has 0 spiro atoms. The van der Waals surface area contributed by atoms with Crippen LogP contribution in [0.3, 0.4) is 0 Å². The topological polar surface area (TPSA) is 79.0 Å². The van der Waals surface area contributed by atoms with Gasteiger partial charge in [0, 0.05) is 61.3 Å². The summed E-state index contributed by atoms with van der Waals surface area (Å²) < 4.78 is 5.51. The standard InChI is InChI=1S/C23H24N6O/c1-2-8-24-19(3-1)7-10-26-21-16-22(29-11-13-30-14-12-29)28-23(27-21)18-5-4-17-6-9-25-20(17)15-18/h1-6,8-9,15-16,25H,7,10-14H2,(H,26,27,28). The molecule has 0 radical (unpaired) electrons. The van der Waals surface area contributed by atoms with Crippen molar-refractivity contribution in [2.75, 3.05) is 43.1 Å². The number of ether oxygens (including phenoxy) is 1. The van der Waals surface area contributed by atoms with Crippen molar-refractivity contribution in [2.45, 2.75) is 6.42 Å². The molecule has 4 aromatic rings. The summed E-state index contributed by atoms with van der Waals surface area (Å²) in [5.41, 5.74) is 3.13. The number of rotatable bonds is 6. The van der Waals surface area contributed by atoms with Gasteiger partial charge < -0.3 is 19.9 Å². The zero-order chi connectivity index (χ0) is 20.2. The van der Waals surface area contributed by atoms with Crippen molar-refractivity contribution in [1.29, 1.82) is 0 Å². The molecule has 0 atom stereocenters. The van der Waals surface area contributed by atoms with Gasteiger partial charge in [-0.1, -0.05) is 18.2 Å². The van der Waals surface area contributed by atoms with Gasteiger partial charge in [0.2, 0.25) is 0 Å². The molecule has 1 aliphatic rings. The molecule has 1 saturated heterocycles. The van der Waals surface area contributed by atoms with Gasteiger partial charge in [-0.05, 0) is 29.7 Å². The fourth-order valence-corrected chi connectivity index (χ4v) is 3.66. The Bertz CT molecular complexity index is 1120. The van der Waals surface area contributed by atoms with Crippen LogP contribution in [0.5, 0.6) is 0 Å². The van der Waals surface area contributed by atoms with Crippen molar-refractivity contribution >= 4 is 22.5 Å². The van der Waals surface area contributed by atoms with E-state index in [1.807, 2.05) is 36.7 Å². The molecule has 0 aliphatic carbocycles. The Labute approximate surface area is 175 Å². The summed E-state index contributed by atoms with van der Waals surface area (Å²) in [5.74, 6) is 2.47. The summed E-state index contributed by atoms with van der Waals surface area (Å²) in [7, 11) is 0. The summed E-state index contributed by atoms with van der Waals surface area (Å²) in [4.78, 5) is 19.6. The highest BCUT2D eigenvalue weighted by molar-refractivity contribution is 5.84. The highest BCUT2D eigenvalue weighted by atomic mass is 16.5. The van der Waals surface area contributed by atoms with Crippen molar-refractivity contribution in [3.05, 3.63) is 66.6 Å². The third-order valence-electron chi connectivity index (χ3n) is 5.27. The number of nitrogens with zero attached hydrogens (tertiary/aromatic N) is 4. The second-order valence-electron chi connectivity index (χ2n) is 7.31. The van der Waals surface area contributed by atoms with Crippen LogP contribution in [0.1, 0.15) is 5.69 Å². The van der Waals surface area contributed by atoms with Gasteiger partial charge in [0.25, 0.3) is 0 Å². The summed E-state index contributed by atoms with van der Waals surface area (Å²) >= 11 is 0. The summed E-state index contributed by atoms with van der Waals surface area (Å²) in [5, 5.41) is 4.64. The van der Waals surface area contributed by atoms with Crippen LogP contribution in [0.25, 0.3) is 22.3 Å². The van der Waals surface area contributed by atoms with Crippen molar-refractivity contribution < 1.29 is 4.74 Å². The predicted molar refractivity (Wildman–Crippen MR) is 119 cm³/mol. The minimum atomic E-state index is 0.718.